The first kappa shape index (κ1) is 12.9. The van der Waals surface area contributed by atoms with Crippen LogP contribution in [0.2, 0.25) is 0 Å². The zero-order valence-corrected chi connectivity index (χ0v) is 12.4. The molecule has 0 bridgehead atoms. The first-order valence-electron chi connectivity index (χ1n) is 7.80. The van der Waals surface area contributed by atoms with Crippen molar-refractivity contribution >= 4 is 22.3 Å². The van der Waals surface area contributed by atoms with E-state index in [1.54, 1.807) is 0 Å². The van der Waals surface area contributed by atoms with E-state index in [2.05, 4.69) is 35.3 Å². The van der Waals surface area contributed by atoms with Gasteiger partial charge in [0.25, 0.3) is 0 Å². The van der Waals surface area contributed by atoms with E-state index in [9.17, 15) is 0 Å². The van der Waals surface area contributed by atoms with Crippen LogP contribution in [-0.4, -0.2) is 37.3 Å². The third-order valence-corrected chi connectivity index (χ3v) is 4.33. The molecule has 2 heterocycles. The molecule has 2 fully saturated rings. The van der Waals surface area contributed by atoms with Crippen molar-refractivity contribution in [2.75, 3.05) is 36.5 Å². The molecule has 0 amide bonds. The lowest BCUT2D eigenvalue weighted by Gasteiger charge is -2.29. The van der Waals surface area contributed by atoms with Crippen molar-refractivity contribution in [1.82, 2.24) is 4.98 Å². The Labute approximate surface area is 125 Å². The molecule has 1 aromatic heterocycles. The molecule has 1 saturated heterocycles. The highest BCUT2D eigenvalue weighted by Gasteiger charge is 2.23. The molecule has 110 valence electrons. The molecule has 0 radical (unpaired) electrons. The molecule has 0 atom stereocenters. The molecule has 1 aliphatic heterocycles. The Morgan fingerprint density at radius 1 is 1.24 bits per heavy atom. The van der Waals surface area contributed by atoms with Crippen molar-refractivity contribution in [2.24, 2.45) is 0 Å². The summed E-state index contributed by atoms with van der Waals surface area (Å²) in [7, 11) is 0. The number of nitrogens with zero attached hydrogens (tertiary/aromatic N) is 2. The zero-order valence-electron chi connectivity index (χ0n) is 12.4. The second-order valence-electron chi connectivity index (χ2n) is 6.01. The number of ether oxygens (including phenoxy) is 1. The third-order valence-electron chi connectivity index (χ3n) is 4.33. The number of benzene rings is 1. The molecule has 21 heavy (non-hydrogen) atoms. The number of nitrogens with one attached hydrogen (secondary N) is 1. The van der Waals surface area contributed by atoms with Crippen LogP contribution in [0, 0.1) is 6.92 Å². The number of fused-ring (bicyclic) bond motifs is 1. The molecule has 1 aromatic carbocycles. The molecule has 4 rings (SSSR count). The average molecular weight is 283 g/mol. The maximum atomic E-state index is 5.46. The molecule has 4 heteroatoms. The van der Waals surface area contributed by atoms with Gasteiger partial charge in [0, 0.05) is 41.8 Å². The summed E-state index contributed by atoms with van der Waals surface area (Å²) in [5.41, 5.74) is 2.50. The first-order chi connectivity index (χ1) is 10.3. The van der Waals surface area contributed by atoms with Gasteiger partial charge in [0.2, 0.25) is 0 Å². The Kier molecular flexibility index (Phi) is 3.19. The van der Waals surface area contributed by atoms with E-state index < -0.39 is 0 Å². The summed E-state index contributed by atoms with van der Waals surface area (Å²) in [6.45, 7) is 5.57. The maximum Gasteiger partial charge on any atom is 0.136 e. The second-order valence-corrected chi connectivity index (χ2v) is 6.01. The van der Waals surface area contributed by atoms with Gasteiger partial charge in [-0.05, 0) is 31.4 Å². The summed E-state index contributed by atoms with van der Waals surface area (Å²) < 4.78 is 5.46. The highest BCUT2D eigenvalue weighted by Crippen LogP contribution is 2.35. The SMILES string of the molecule is Cc1cnc(N2CCOCC2)c2cccc(NC3CC3)c12. The zero-order chi connectivity index (χ0) is 14.2. The first-order valence-corrected chi connectivity index (χ1v) is 7.80. The van der Waals surface area contributed by atoms with E-state index >= 15 is 0 Å². The number of rotatable bonds is 3. The van der Waals surface area contributed by atoms with Crippen LogP contribution in [0.15, 0.2) is 24.4 Å². The summed E-state index contributed by atoms with van der Waals surface area (Å²) in [4.78, 5) is 7.05. The van der Waals surface area contributed by atoms with Crippen molar-refractivity contribution in [3.63, 3.8) is 0 Å². The minimum absolute atomic E-state index is 0.662. The summed E-state index contributed by atoms with van der Waals surface area (Å²) in [6, 6.07) is 7.18. The highest BCUT2D eigenvalue weighted by atomic mass is 16.5. The summed E-state index contributed by atoms with van der Waals surface area (Å²) >= 11 is 0. The fraction of sp³-hybridized carbons (Fsp3) is 0.471. The summed E-state index contributed by atoms with van der Waals surface area (Å²) in [6.07, 6.45) is 4.58. The lowest BCUT2D eigenvalue weighted by atomic mass is 10.0. The molecule has 1 aliphatic carbocycles. The van der Waals surface area contributed by atoms with E-state index in [0.717, 1.165) is 32.1 Å². The topological polar surface area (TPSA) is 37.4 Å². The van der Waals surface area contributed by atoms with Crippen molar-refractivity contribution in [2.45, 2.75) is 25.8 Å². The number of anilines is 2. The Morgan fingerprint density at radius 3 is 2.81 bits per heavy atom. The number of hydrogen-bond acceptors (Lipinski definition) is 4. The van der Waals surface area contributed by atoms with E-state index in [1.807, 2.05) is 6.20 Å². The fourth-order valence-corrected chi connectivity index (χ4v) is 3.05. The van der Waals surface area contributed by atoms with Gasteiger partial charge in [0.15, 0.2) is 0 Å². The van der Waals surface area contributed by atoms with Gasteiger partial charge in [-0.1, -0.05) is 12.1 Å². The third kappa shape index (κ3) is 2.44. The Morgan fingerprint density at radius 2 is 2.05 bits per heavy atom. The molecule has 1 saturated carbocycles. The van der Waals surface area contributed by atoms with Gasteiger partial charge in [0.1, 0.15) is 5.82 Å². The summed E-state index contributed by atoms with van der Waals surface area (Å²) in [5, 5.41) is 6.23. The number of pyridine rings is 1. The van der Waals surface area contributed by atoms with Gasteiger partial charge in [-0.15, -0.1) is 0 Å². The van der Waals surface area contributed by atoms with Crippen molar-refractivity contribution in [3.05, 3.63) is 30.0 Å². The maximum absolute atomic E-state index is 5.46. The predicted octanol–water partition coefficient (Wildman–Crippen LogP) is 2.95. The number of morpholine rings is 1. The van der Waals surface area contributed by atoms with Crippen LogP contribution in [0.5, 0.6) is 0 Å². The molecule has 2 aromatic rings. The van der Waals surface area contributed by atoms with Crippen molar-refractivity contribution < 1.29 is 4.74 Å². The molecular weight excluding hydrogens is 262 g/mol. The lowest BCUT2D eigenvalue weighted by Crippen LogP contribution is -2.36. The van der Waals surface area contributed by atoms with E-state index in [0.29, 0.717) is 6.04 Å². The Bertz CT molecular complexity index is 660. The van der Waals surface area contributed by atoms with Crippen LogP contribution in [0.3, 0.4) is 0 Å². The lowest BCUT2D eigenvalue weighted by molar-refractivity contribution is 0.122. The molecule has 1 N–H and O–H groups in total. The van der Waals surface area contributed by atoms with Gasteiger partial charge in [-0.25, -0.2) is 4.98 Å². The van der Waals surface area contributed by atoms with Crippen molar-refractivity contribution in [1.29, 1.82) is 0 Å². The molecule has 4 nitrogen and oxygen atoms in total. The molecule has 0 unspecified atom stereocenters. The van der Waals surface area contributed by atoms with Gasteiger partial charge >= 0.3 is 0 Å². The smallest absolute Gasteiger partial charge is 0.136 e. The highest BCUT2D eigenvalue weighted by molar-refractivity contribution is 6.02. The molecule has 2 aliphatic rings. The van der Waals surface area contributed by atoms with Crippen LogP contribution in [0.25, 0.3) is 10.8 Å². The fourth-order valence-electron chi connectivity index (χ4n) is 3.05. The van der Waals surface area contributed by atoms with Crippen LogP contribution >= 0.6 is 0 Å². The van der Waals surface area contributed by atoms with Gasteiger partial charge in [0.05, 0.1) is 13.2 Å². The van der Waals surface area contributed by atoms with Crippen LogP contribution in [0.1, 0.15) is 18.4 Å². The Balaban J connectivity index is 1.82. The van der Waals surface area contributed by atoms with Crippen LogP contribution in [-0.2, 0) is 4.74 Å². The number of aryl methyl sites for hydroxylation is 1. The van der Waals surface area contributed by atoms with Gasteiger partial charge in [-0.2, -0.15) is 0 Å². The molecular formula is C17H21N3O. The largest absolute Gasteiger partial charge is 0.382 e. The van der Waals surface area contributed by atoms with E-state index in [4.69, 9.17) is 9.72 Å². The predicted molar refractivity (Wildman–Crippen MR) is 86.2 cm³/mol. The standard InChI is InChI=1S/C17H21N3O/c1-12-11-18-17(20-7-9-21-10-8-20)14-3-2-4-15(16(12)14)19-13-5-6-13/h2-4,11,13,19H,5-10H2,1H3. The molecule has 0 spiro atoms. The summed E-state index contributed by atoms with van der Waals surface area (Å²) in [5.74, 6) is 1.10. The van der Waals surface area contributed by atoms with E-state index in [-0.39, 0.29) is 0 Å². The quantitative estimate of drug-likeness (QED) is 0.939. The minimum Gasteiger partial charge on any atom is -0.382 e. The average Bonchev–Trinajstić information content (AvgIpc) is 3.33. The minimum atomic E-state index is 0.662. The monoisotopic (exact) mass is 283 g/mol. The van der Waals surface area contributed by atoms with Crippen LogP contribution in [0.4, 0.5) is 11.5 Å². The Hall–Kier alpha value is -1.81. The van der Waals surface area contributed by atoms with Gasteiger partial charge in [-0.3, -0.25) is 0 Å². The van der Waals surface area contributed by atoms with Crippen LogP contribution < -0.4 is 10.2 Å². The second kappa shape index (κ2) is 5.19. The normalized spacial score (nSPS) is 19.0. The number of hydrogen-bond donors (Lipinski definition) is 1. The van der Waals surface area contributed by atoms with Gasteiger partial charge < -0.3 is 15.0 Å². The van der Waals surface area contributed by atoms with Crippen molar-refractivity contribution in [3.8, 4) is 0 Å². The number of aromatic nitrogens is 1. The van der Waals surface area contributed by atoms with E-state index in [1.165, 1.54) is 34.9 Å².